The van der Waals surface area contributed by atoms with Gasteiger partial charge in [0.15, 0.2) is 0 Å². The van der Waals surface area contributed by atoms with Crippen molar-refractivity contribution in [3.8, 4) is 0 Å². The summed E-state index contributed by atoms with van der Waals surface area (Å²) >= 11 is 0. The molecule has 1 aliphatic heterocycles. The largest absolute Gasteiger partial charge is 0.480 e. The fourth-order valence-corrected chi connectivity index (χ4v) is 2.35. The highest BCUT2D eigenvalue weighted by Gasteiger charge is 2.40. The van der Waals surface area contributed by atoms with Crippen LogP contribution < -0.4 is 0 Å². The molecule has 2 N–H and O–H groups in total. The first-order chi connectivity index (χ1) is 8.95. The fourth-order valence-electron chi connectivity index (χ4n) is 2.35. The number of β-amino-alcohol motifs (C(OH)–C–C–N with tert-alkyl or cyclic N) is 1. The number of carbonyl (C=O) groups is 2. The van der Waals surface area contributed by atoms with Crippen LogP contribution in [0.3, 0.4) is 0 Å². The molecule has 19 heavy (non-hydrogen) atoms. The third-order valence-corrected chi connectivity index (χ3v) is 3.31. The molecule has 7 nitrogen and oxygen atoms in total. The van der Waals surface area contributed by atoms with E-state index in [-0.39, 0.29) is 13.0 Å². The molecule has 0 radical (unpaired) electrons. The molecule has 2 rings (SSSR count). The number of likely N-dealkylation sites (tertiary alicyclic amines) is 1. The van der Waals surface area contributed by atoms with Gasteiger partial charge in [0.25, 0.3) is 5.91 Å². The van der Waals surface area contributed by atoms with Crippen molar-refractivity contribution in [3.05, 3.63) is 17.0 Å². The number of rotatable bonds is 3. The first-order valence-corrected chi connectivity index (χ1v) is 6.12. The van der Waals surface area contributed by atoms with Crippen LogP contribution in [0.15, 0.2) is 4.52 Å². The summed E-state index contributed by atoms with van der Waals surface area (Å²) in [6, 6.07) is -0.999. The SMILES string of the molecule is CCc1noc(C)c1C(=O)N1CC(O)CC1C(=O)O. The predicted molar refractivity (Wildman–Crippen MR) is 63.7 cm³/mol. The van der Waals surface area contributed by atoms with Crippen molar-refractivity contribution in [3.63, 3.8) is 0 Å². The lowest BCUT2D eigenvalue weighted by Crippen LogP contribution is -2.41. The minimum Gasteiger partial charge on any atom is -0.480 e. The minimum atomic E-state index is -1.11. The summed E-state index contributed by atoms with van der Waals surface area (Å²) < 4.78 is 4.98. The van der Waals surface area contributed by atoms with Gasteiger partial charge >= 0.3 is 5.97 Å². The summed E-state index contributed by atoms with van der Waals surface area (Å²) in [4.78, 5) is 24.7. The lowest BCUT2D eigenvalue weighted by atomic mass is 10.1. The third kappa shape index (κ3) is 2.33. The Kier molecular flexibility index (Phi) is 3.57. The molecule has 2 atom stereocenters. The average Bonchev–Trinajstić information content (AvgIpc) is 2.91. The number of hydrogen-bond acceptors (Lipinski definition) is 5. The molecule has 1 aliphatic rings. The van der Waals surface area contributed by atoms with Gasteiger partial charge in [-0.05, 0) is 13.3 Å². The molecule has 1 aromatic heterocycles. The number of amides is 1. The number of aliphatic carboxylic acids is 1. The van der Waals surface area contributed by atoms with Crippen molar-refractivity contribution in [2.45, 2.75) is 38.8 Å². The second-order valence-corrected chi connectivity index (χ2v) is 4.62. The number of nitrogens with zero attached hydrogens (tertiary/aromatic N) is 2. The maximum Gasteiger partial charge on any atom is 0.326 e. The number of carbonyl (C=O) groups excluding carboxylic acids is 1. The Labute approximate surface area is 109 Å². The van der Waals surface area contributed by atoms with Gasteiger partial charge in [-0.25, -0.2) is 4.79 Å². The van der Waals surface area contributed by atoms with E-state index in [0.717, 1.165) is 0 Å². The monoisotopic (exact) mass is 268 g/mol. The molecular weight excluding hydrogens is 252 g/mol. The average molecular weight is 268 g/mol. The number of aliphatic hydroxyl groups is 1. The van der Waals surface area contributed by atoms with E-state index in [0.29, 0.717) is 23.4 Å². The van der Waals surface area contributed by atoms with Gasteiger partial charge in [-0.3, -0.25) is 4.79 Å². The standard InChI is InChI=1S/C12H16N2O5/c1-3-8-10(6(2)19-13-8)11(16)14-5-7(15)4-9(14)12(17)18/h7,9,15H,3-5H2,1-2H3,(H,17,18). The first kappa shape index (κ1) is 13.5. The van der Waals surface area contributed by atoms with Gasteiger partial charge in [-0.15, -0.1) is 0 Å². The molecule has 104 valence electrons. The van der Waals surface area contributed by atoms with E-state index in [2.05, 4.69) is 5.16 Å². The van der Waals surface area contributed by atoms with Crippen LogP contribution in [0, 0.1) is 6.92 Å². The Morgan fingerprint density at radius 2 is 2.21 bits per heavy atom. The second-order valence-electron chi connectivity index (χ2n) is 4.62. The quantitative estimate of drug-likeness (QED) is 0.811. The molecule has 1 aromatic rings. The van der Waals surface area contributed by atoms with E-state index in [1.807, 2.05) is 6.92 Å². The molecule has 0 spiro atoms. The molecule has 0 saturated carbocycles. The second kappa shape index (κ2) is 5.00. The van der Waals surface area contributed by atoms with Crippen LogP contribution in [-0.2, 0) is 11.2 Å². The molecule has 1 saturated heterocycles. The molecule has 1 amide bonds. The fraction of sp³-hybridized carbons (Fsp3) is 0.583. The van der Waals surface area contributed by atoms with Crippen molar-refractivity contribution in [2.75, 3.05) is 6.54 Å². The highest BCUT2D eigenvalue weighted by atomic mass is 16.5. The summed E-state index contributed by atoms with van der Waals surface area (Å²) in [5.74, 6) is -1.19. The Morgan fingerprint density at radius 3 is 2.79 bits per heavy atom. The summed E-state index contributed by atoms with van der Waals surface area (Å²) in [6.07, 6.45) is -0.241. The van der Waals surface area contributed by atoms with Gasteiger partial charge in [0.2, 0.25) is 0 Å². The van der Waals surface area contributed by atoms with Gasteiger partial charge in [0.05, 0.1) is 11.8 Å². The van der Waals surface area contributed by atoms with Gasteiger partial charge in [0, 0.05) is 13.0 Å². The first-order valence-electron chi connectivity index (χ1n) is 6.12. The zero-order valence-electron chi connectivity index (χ0n) is 10.8. The number of aromatic nitrogens is 1. The summed E-state index contributed by atoms with van der Waals surface area (Å²) in [5.41, 5.74) is 0.816. The molecule has 1 fully saturated rings. The third-order valence-electron chi connectivity index (χ3n) is 3.31. The number of hydrogen-bond donors (Lipinski definition) is 2. The van der Waals surface area contributed by atoms with E-state index in [4.69, 9.17) is 9.63 Å². The molecule has 7 heteroatoms. The minimum absolute atomic E-state index is 0.0174. The molecular formula is C12H16N2O5. The lowest BCUT2D eigenvalue weighted by molar-refractivity contribution is -0.141. The van der Waals surface area contributed by atoms with E-state index >= 15 is 0 Å². The number of aliphatic hydroxyl groups excluding tert-OH is 1. The Hall–Kier alpha value is -1.89. The highest BCUT2D eigenvalue weighted by Crippen LogP contribution is 2.24. The predicted octanol–water partition coefficient (Wildman–Crippen LogP) is 0.205. The summed E-state index contributed by atoms with van der Waals surface area (Å²) in [6.45, 7) is 3.47. The zero-order valence-corrected chi connectivity index (χ0v) is 10.8. The van der Waals surface area contributed by atoms with Crippen molar-refractivity contribution in [1.82, 2.24) is 10.1 Å². The lowest BCUT2D eigenvalue weighted by Gasteiger charge is -2.20. The van der Waals surface area contributed by atoms with E-state index in [9.17, 15) is 14.7 Å². The van der Waals surface area contributed by atoms with Gasteiger partial charge in [0.1, 0.15) is 17.4 Å². The van der Waals surface area contributed by atoms with E-state index < -0.39 is 24.0 Å². The normalized spacial score (nSPS) is 22.8. The van der Waals surface area contributed by atoms with Gasteiger partial charge in [-0.2, -0.15) is 0 Å². The van der Waals surface area contributed by atoms with Gasteiger partial charge < -0.3 is 19.6 Å². The van der Waals surface area contributed by atoms with Gasteiger partial charge in [-0.1, -0.05) is 12.1 Å². The Morgan fingerprint density at radius 1 is 1.53 bits per heavy atom. The number of carboxylic acid groups (broad SMARTS) is 1. The van der Waals surface area contributed by atoms with Crippen LogP contribution in [0.5, 0.6) is 0 Å². The summed E-state index contributed by atoms with van der Waals surface area (Å²) in [7, 11) is 0. The van der Waals surface area contributed by atoms with Crippen LogP contribution in [0.25, 0.3) is 0 Å². The van der Waals surface area contributed by atoms with Crippen molar-refractivity contribution < 1.29 is 24.3 Å². The number of carboxylic acids is 1. The Balaban J connectivity index is 2.33. The van der Waals surface area contributed by atoms with Crippen LogP contribution in [0.2, 0.25) is 0 Å². The van der Waals surface area contributed by atoms with Crippen LogP contribution in [-0.4, -0.2) is 50.8 Å². The maximum atomic E-state index is 12.4. The maximum absolute atomic E-state index is 12.4. The molecule has 0 aromatic carbocycles. The highest BCUT2D eigenvalue weighted by molar-refractivity contribution is 5.98. The topological polar surface area (TPSA) is 104 Å². The van der Waals surface area contributed by atoms with E-state index in [1.165, 1.54) is 4.90 Å². The smallest absolute Gasteiger partial charge is 0.326 e. The van der Waals surface area contributed by atoms with Crippen LogP contribution in [0.1, 0.15) is 35.2 Å². The molecule has 2 heterocycles. The molecule has 0 aliphatic carbocycles. The zero-order chi connectivity index (χ0) is 14.2. The van der Waals surface area contributed by atoms with Crippen molar-refractivity contribution in [1.29, 1.82) is 0 Å². The van der Waals surface area contributed by atoms with E-state index in [1.54, 1.807) is 6.92 Å². The van der Waals surface area contributed by atoms with Crippen molar-refractivity contribution in [2.24, 2.45) is 0 Å². The van der Waals surface area contributed by atoms with Crippen LogP contribution >= 0.6 is 0 Å². The van der Waals surface area contributed by atoms with Crippen LogP contribution in [0.4, 0.5) is 0 Å². The van der Waals surface area contributed by atoms with Crippen molar-refractivity contribution >= 4 is 11.9 Å². The molecule has 2 unspecified atom stereocenters. The Bertz CT molecular complexity index is 510. The summed E-state index contributed by atoms with van der Waals surface area (Å²) in [5, 5.41) is 22.4. The molecule has 0 bridgehead atoms. The number of aryl methyl sites for hydroxylation is 2.